The number of nitrogens with zero attached hydrogens (tertiary/aromatic N) is 2. The molecule has 3 nitrogen and oxygen atoms in total. The number of carbonyl (C=O) groups excluding carboxylic acids is 1. The van der Waals surface area contributed by atoms with Gasteiger partial charge in [-0.15, -0.1) is 0 Å². The van der Waals surface area contributed by atoms with Gasteiger partial charge in [-0.1, -0.05) is 35.9 Å². The predicted octanol–water partition coefficient (Wildman–Crippen LogP) is 7.53. The van der Waals surface area contributed by atoms with Gasteiger partial charge in [0.15, 0.2) is 0 Å². The van der Waals surface area contributed by atoms with Gasteiger partial charge in [0.05, 0.1) is 5.69 Å². The normalized spacial score (nSPS) is 13.2. The summed E-state index contributed by atoms with van der Waals surface area (Å²) < 4.78 is 41.8. The highest BCUT2D eigenvalue weighted by Crippen LogP contribution is 2.35. The maximum Gasteiger partial charge on any atom is 0.137 e. The highest BCUT2D eigenvalue weighted by atomic mass is 35.5. The van der Waals surface area contributed by atoms with Crippen LogP contribution in [0, 0.1) is 17.5 Å². The van der Waals surface area contributed by atoms with Crippen molar-refractivity contribution in [2.24, 2.45) is 0 Å². The van der Waals surface area contributed by atoms with Gasteiger partial charge in [0.2, 0.25) is 0 Å². The Morgan fingerprint density at radius 1 is 0.919 bits per heavy atom. The minimum absolute atomic E-state index is 0.0779. The summed E-state index contributed by atoms with van der Waals surface area (Å²) in [4.78, 5) is 22.0. The number of fused-ring (bicyclic) bond motifs is 1. The molecule has 0 aliphatic heterocycles. The van der Waals surface area contributed by atoms with Gasteiger partial charge in [0.25, 0.3) is 0 Å². The Hall–Kier alpha value is -3.77. The van der Waals surface area contributed by atoms with E-state index in [2.05, 4.69) is 9.97 Å². The summed E-state index contributed by atoms with van der Waals surface area (Å²) in [6.07, 6.45) is 6.07. The molecule has 0 spiro atoms. The molecule has 0 N–H and O–H groups in total. The van der Waals surface area contributed by atoms with Gasteiger partial charge in [0.1, 0.15) is 29.6 Å². The Kier molecular flexibility index (Phi) is 7.19. The maximum absolute atomic E-state index is 14.0. The van der Waals surface area contributed by atoms with E-state index in [9.17, 15) is 18.0 Å². The standard InChI is InChI=1S/C30H22ClF3N2O/c31-23-6-3-20(4-7-23)29-16-35-17-36-30(29)22(9-18-10-25(33)14-26(34)11-18)13-27(37)12-21-2-1-19-5-8-24(32)15-28(19)21/h2-8,10-11,14-17,22H,1,9,12-13H2/t22-/m0/s1. The van der Waals surface area contributed by atoms with Crippen molar-refractivity contribution in [3.63, 3.8) is 0 Å². The first-order valence-electron chi connectivity index (χ1n) is 11.9. The number of allylic oxidation sites excluding steroid dienone is 2. The summed E-state index contributed by atoms with van der Waals surface area (Å²) >= 11 is 6.06. The van der Waals surface area contributed by atoms with E-state index >= 15 is 0 Å². The molecule has 5 rings (SSSR count). The average Bonchev–Trinajstić information content (AvgIpc) is 3.25. The lowest BCUT2D eigenvalue weighted by Crippen LogP contribution is -2.13. The molecule has 37 heavy (non-hydrogen) atoms. The van der Waals surface area contributed by atoms with E-state index in [0.29, 0.717) is 28.3 Å². The van der Waals surface area contributed by atoms with Gasteiger partial charge < -0.3 is 0 Å². The lowest BCUT2D eigenvalue weighted by molar-refractivity contribution is -0.118. The number of hydrogen-bond acceptors (Lipinski definition) is 3. The first-order chi connectivity index (χ1) is 17.9. The number of ketones is 1. The molecule has 3 aromatic carbocycles. The molecule has 1 aliphatic carbocycles. The molecule has 0 radical (unpaired) electrons. The van der Waals surface area contributed by atoms with Crippen LogP contribution in [0.4, 0.5) is 13.2 Å². The molecule has 7 heteroatoms. The lowest BCUT2D eigenvalue weighted by atomic mass is 9.86. The number of Topliss-reactive ketones (excluding diaryl/α,β-unsaturated/α-hetero) is 1. The molecule has 4 aromatic rings. The van der Waals surface area contributed by atoms with E-state index in [-0.39, 0.29) is 30.9 Å². The summed E-state index contributed by atoms with van der Waals surface area (Å²) in [5.74, 6) is -2.27. The fourth-order valence-corrected chi connectivity index (χ4v) is 5.02. The number of aromatic nitrogens is 2. The lowest BCUT2D eigenvalue weighted by Gasteiger charge is -2.20. The minimum Gasteiger partial charge on any atom is -0.299 e. The fourth-order valence-electron chi connectivity index (χ4n) is 4.89. The first-order valence-corrected chi connectivity index (χ1v) is 12.2. The number of hydrogen-bond donors (Lipinski definition) is 0. The van der Waals surface area contributed by atoms with E-state index in [1.165, 1.54) is 30.6 Å². The van der Waals surface area contributed by atoms with Crippen LogP contribution >= 0.6 is 11.6 Å². The second-order valence-electron chi connectivity index (χ2n) is 9.16. The molecule has 1 heterocycles. The zero-order valence-electron chi connectivity index (χ0n) is 19.7. The monoisotopic (exact) mass is 518 g/mol. The quantitative estimate of drug-likeness (QED) is 0.242. The molecule has 186 valence electrons. The predicted molar refractivity (Wildman–Crippen MR) is 138 cm³/mol. The van der Waals surface area contributed by atoms with Crippen LogP contribution in [0.25, 0.3) is 16.7 Å². The Bertz CT molecular complexity index is 1480. The zero-order chi connectivity index (χ0) is 25.9. The molecule has 1 aromatic heterocycles. The Morgan fingerprint density at radius 3 is 2.43 bits per heavy atom. The van der Waals surface area contributed by atoms with Crippen molar-refractivity contribution >= 4 is 23.0 Å². The molecule has 0 unspecified atom stereocenters. The Balaban J connectivity index is 1.47. The molecule has 1 atom stereocenters. The highest BCUT2D eigenvalue weighted by molar-refractivity contribution is 6.30. The minimum atomic E-state index is -0.685. The van der Waals surface area contributed by atoms with Crippen molar-refractivity contribution < 1.29 is 18.0 Å². The van der Waals surface area contributed by atoms with Gasteiger partial charge in [-0.2, -0.15) is 0 Å². The molecule has 0 saturated heterocycles. The number of halogens is 4. The summed E-state index contributed by atoms with van der Waals surface area (Å²) in [5.41, 5.74) is 5.06. The van der Waals surface area contributed by atoms with Crippen molar-refractivity contribution in [2.75, 3.05) is 0 Å². The highest BCUT2D eigenvalue weighted by Gasteiger charge is 2.25. The molecule has 0 fully saturated rings. The molecule has 1 aliphatic rings. The van der Waals surface area contributed by atoms with Crippen molar-refractivity contribution in [3.05, 3.63) is 124 Å². The van der Waals surface area contributed by atoms with Crippen molar-refractivity contribution in [1.82, 2.24) is 9.97 Å². The molecular weight excluding hydrogens is 497 g/mol. The maximum atomic E-state index is 14.0. The van der Waals surface area contributed by atoms with Crippen molar-refractivity contribution in [3.8, 4) is 11.1 Å². The summed E-state index contributed by atoms with van der Waals surface area (Å²) in [6, 6.07) is 15.1. The second-order valence-corrected chi connectivity index (χ2v) is 9.60. The first kappa shape index (κ1) is 24.9. The summed E-state index contributed by atoms with van der Waals surface area (Å²) in [6.45, 7) is 0. The van der Waals surface area contributed by atoms with E-state index in [1.54, 1.807) is 24.4 Å². The van der Waals surface area contributed by atoms with Gasteiger partial charge >= 0.3 is 0 Å². The van der Waals surface area contributed by atoms with E-state index in [4.69, 9.17) is 11.6 Å². The molecular formula is C30H22ClF3N2O. The average molecular weight is 519 g/mol. The smallest absolute Gasteiger partial charge is 0.137 e. The van der Waals surface area contributed by atoms with Gasteiger partial charge in [-0.25, -0.2) is 23.1 Å². The van der Waals surface area contributed by atoms with E-state index in [0.717, 1.165) is 28.3 Å². The second kappa shape index (κ2) is 10.7. The molecule has 0 amide bonds. The van der Waals surface area contributed by atoms with Crippen molar-refractivity contribution in [1.29, 1.82) is 0 Å². The van der Waals surface area contributed by atoms with Crippen LogP contribution in [-0.4, -0.2) is 15.8 Å². The third-order valence-corrected chi connectivity index (χ3v) is 6.79. The van der Waals surface area contributed by atoms with Gasteiger partial charge in [-0.3, -0.25) is 4.79 Å². The van der Waals surface area contributed by atoms with Crippen LogP contribution < -0.4 is 0 Å². The zero-order valence-corrected chi connectivity index (χ0v) is 20.5. The molecule has 0 bridgehead atoms. The van der Waals surface area contributed by atoms with Gasteiger partial charge in [-0.05, 0) is 77.1 Å². The van der Waals surface area contributed by atoms with Crippen LogP contribution in [0.1, 0.15) is 41.1 Å². The van der Waals surface area contributed by atoms with Gasteiger partial charge in [0, 0.05) is 41.6 Å². The van der Waals surface area contributed by atoms with E-state index < -0.39 is 17.6 Å². The van der Waals surface area contributed by atoms with Crippen LogP contribution in [0.15, 0.2) is 79.3 Å². The Morgan fingerprint density at radius 2 is 1.68 bits per heavy atom. The van der Waals surface area contributed by atoms with Crippen LogP contribution in [0.3, 0.4) is 0 Å². The van der Waals surface area contributed by atoms with Crippen LogP contribution in [-0.2, 0) is 17.6 Å². The van der Waals surface area contributed by atoms with Crippen LogP contribution in [0.2, 0.25) is 5.02 Å². The third-order valence-electron chi connectivity index (χ3n) is 6.54. The summed E-state index contributed by atoms with van der Waals surface area (Å²) in [5, 5.41) is 0.575. The third kappa shape index (κ3) is 5.81. The van der Waals surface area contributed by atoms with E-state index in [1.807, 2.05) is 18.2 Å². The molecule has 0 saturated carbocycles. The number of carbonyl (C=O) groups is 1. The SMILES string of the molecule is O=C(CC1=CCc2ccc(F)cc21)C[C@H](Cc1cc(F)cc(F)c1)c1ncncc1-c1ccc(Cl)cc1. The largest absolute Gasteiger partial charge is 0.299 e. The Labute approximate surface area is 217 Å². The number of rotatable bonds is 8. The topological polar surface area (TPSA) is 42.9 Å². The number of benzene rings is 3. The van der Waals surface area contributed by atoms with Crippen LogP contribution in [0.5, 0.6) is 0 Å². The fraction of sp³-hybridized carbons (Fsp3) is 0.167. The van der Waals surface area contributed by atoms with Crippen molar-refractivity contribution in [2.45, 2.75) is 31.6 Å². The summed E-state index contributed by atoms with van der Waals surface area (Å²) in [7, 11) is 0.